The van der Waals surface area contributed by atoms with Gasteiger partial charge in [0.05, 0.1) is 0 Å². The second-order valence-corrected chi connectivity index (χ2v) is 0.804. The maximum absolute atomic E-state index is 9.06. The van der Waals surface area contributed by atoms with E-state index in [2.05, 4.69) is 9.47 Å². The normalized spacial score (nSPS) is 5.40. The molecule has 0 aliphatic carbocycles. The molecule has 10 heavy (non-hydrogen) atoms. The maximum atomic E-state index is 9.06. The van der Waals surface area contributed by atoms with Gasteiger partial charge in [-0.3, -0.25) is 0 Å². The third kappa shape index (κ3) is 43.1. The molecule has 5 heteroatoms. The fraction of sp³-hybridized carbons (Fsp3) is 0.600. The van der Waals surface area contributed by atoms with Crippen molar-refractivity contribution in [2.24, 2.45) is 0 Å². The van der Waals surface area contributed by atoms with Gasteiger partial charge >= 0.3 is 0 Å². The molecule has 4 nitrogen and oxygen atoms in total. The van der Waals surface area contributed by atoms with Crippen LogP contribution in [-0.4, -0.2) is 26.7 Å². The van der Waals surface area contributed by atoms with Crippen LogP contribution in [0.2, 0.25) is 0 Å². The number of ether oxygens (including phenoxy) is 2. The van der Waals surface area contributed by atoms with Crippen LogP contribution >= 0.6 is 0 Å². The first kappa shape index (κ1) is 16.6. The minimum absolute atomic E-state index is 0. The van der Waals surface area contributed by atoms with Gasteiger partial charge < -0.3 is 19.1 Å². The van der Waals surface area contributed by atoms with Gasteiger partial charge in [0.1, 0.15) is 0 Å². The van der Waals surface area contributed by atoms with E-state index in [1.807, 2.05) is 0 Å². The van der Waals surface area contributed by atoms with E-state index in [1.54, 1.807) is 6.92 Å². The van der Waals surface area contributed by atoms with Gasteiger partial charge in [-0.25, -0.2) is 0 Å². The molecule has 0 fully saturated rings. The number of methoxy groups -OCH3 is 1. The quantitative estimate of drug-likeness (QED) is 0.618. The van der Waals surface area contributed by atoms with Gasteiger partial charge in [-0.1, -0.05) is 12.9 Å². The molecule has 0 aromatic carbocycles. The molecule has 0 heterocycles. The average Bonchev–Trinajstić information content (AvgIpc) is 1.91. The van der Waals surface area contributed by atoms with Crippen LogP contribution in [-0.2, 0) is 51.8 Å². The Labute approximate surface area is 85.1 Å². The van der Waals surface area contributed by atoms with Crippen LogP contribution in [0.4, 0.5) is 0 Å². The molecule has 57 valence electrons. The zero-order valence-corrected chi connectivity index (χ0v) is 8.76. The van der Waals surface area contributed by atoms with Crippen molar-refractivity contribution in [1.82, 2.24) is 0 Å². The van der Waals surface area contributed by atoms with Crippen LogP contribution < -0.4 is 0 Å². The van der Waals surface area contributed by atoms with Crippen LogP contribution in [0.3, 0.4) is 0 Å². The molecule has 0 bridgehead atoms. The topological polar surface area (TPSA) is 52.6 Å². The Morgan fingerprint density at radius 1 is 1.30 bits per heavy atom. The number of rotatable bonds is 3. The molecule has 0 aliphatic heterocycles. The van der Waals surface area contributed by atoms with E-state index >= 15 is 0 Å². The van der Waals surface area contributed by atoms with Crippen molar-refractivity contribution in [2.45, 2.75) is 6.92 Å². The summed E-state index contributed by atoms with van der Waals surface area (Å²) in [5.74, 6) is 0. The Morgan fingerprint density at radius 2 is 1.70 bits per heavy atom. The molecular formula is C5H8O4Y-2. The molecule has 0 saturated heterocycles. The Balaban J connectivity index is -0.0000000910. The van der Waals surface area contributed by atoms with Crippen molar-refractivity contribution in [1.29, 1.82) is 0 Å². The molecule has 0 atom stereocenters. The molecule has 0 aromatic rings. The minimum Gasteiger partial charge on any atom is -0.655 e. The van der Waals surface area contributed by atoms with E-state index in [0.29, 0.717) is 6.61 Å². The molecule has 0 unspecified atom stereocenters. The SMILES string of the molecule is CCO[C-]=O.CO[C-]=O.[Y]. The summed E-state index contributed by atoms with van der Waals surface area (Å²) in [5, 5.41) is 0. The van der Waals surface area contributed by atoms with Gasteiger partial charge in [0.2, 0.25) is 0 Å². The van der Waals surface area contributed by atoms with Gasteiger partial charge in [-0.15, -0.1) is 0 Å². The Hall–Kier alpha value is 0.0439. The van der Waals surface area contributed by atoms with E-state index in [-0.39, 0.29) is 32.7 Å². The molecule has 0 spiro atoms. The summed E-state index contributed by atoms with van der Waals surface area (Å²) in [6.07, 6.45) is 0. The van der Waals surface area contributed by atoms with Gasteiger partial charge in [0, 0.05) is 46.4 Å². The zero-order chi connectivity index (χ0) is 7.54. The smallest absolute Gasteiger partial charge is 0.0451 e. The van der Waals surface area contributed by atoms with Gasteiger partial charge in [-0.05, 0) is 6.92 Å². The standard InChI is InChI=1S/C3H5O2.C2H3O2.Y/c1-2-5-3-4;1-4-2-3;/h2H2,1H3;1H3;/q2*-1;. The van der Waals surface area contributed by atoms with Crippen molar-refractivity contribution in [3.05, 3.63) is 0 Å². The third-order valence-electron chi connectivity index (χ3n) is 0.287. The van der Waals surface area contributed by atoms with Crippen molar-refractivity contribution in [3.8, 4) is 0 Å². The van der Waals surface area contributed by atoms with Crippen molar-refractivity contribution < 1.29 is 51.8 Å². The summed E-state index contributed by atoms with van der Waals surface area (Å²) in [6, 6.07) is 0. The van der Waals surface area contributed by atoms with E-state index in [9.17, 15) is 0 Å². The molecule has 0 N–H and O–H groups in total. The third-order valence-corrected chi connectivity index (χ3v) is 0.287. The summed E-state index contributed by atoms with van der Waals surface area (Å²) in [5.41, 5.74) is 0. The molecule has 0 aromatic heterocycles. The van der Waals surface area contributed by atoms with Crippen LogP contribution in [0.15, 0.2) is 0 Å². The summed E-state index contributed by atoms with van der Waals surface area (Å²) in [7, 11) is 1.26. The number of hydrogen-bond donors (Lipinski definition) is 0. The van der Waals surface area contributed by atoms with Crippen molar-refractivity contribution >= 4 is 12.9 Å². The summed E-state index contributed by atoms with van der Waals surface area (Å²) < 4.78 is 7.76. The maximum Gasteiger partial charge on any atom is 0.0451 e. The molecule has 0 amide bonds. The summed E-state index contributed by atoms with van der Waals surface area (Å²) in [4.78, 5) is 17.9. The minimum atomic E-state index is 0. The Bertz CT molecular complexity index is 66.7. The summed E-state index contributed by atoms with van der Waals surface area (Å²) in [6.45, 7) is 4.60. The van der Waals surface area contributed by atoms with E-state index in [1.165, 1.54) is 20.1 Å². The average molecular weight is 221 g/mol. The molecule has 0 aliphatic rings. The second kappa shape index (κ2) is 23.0. The fourth-order valence-corrected chi connectivity index (χ4v) is 0.0589. The first-order valence-corrected chi connectivity index (χ1v) is 2.22. The Morgan fingerprint density at radius 3 is 1.70 bits per heavy atom. The molecular weight excluding hydrogens is 213 g/mol. The fourth-order valence-electron chi connectivity index (χ4n) is 0.0589. The number of hydrogen-bond acceptors (Lipinski definition) is 4. The van der Waals surface area contributed by atoms with Crippen LogP contribution in [0, 0.1) is 0 Å². The molecule has 0 rings (SSSR count). The predicted octanol–water partition coefficient (Wildman–Crippen LogP) is -0.212. The molecule has 1 radical (unpaired) electrons. The van der Waals surface area contributed by atoms with Crippen molar-refractivity contribution in [2.75, 3.05) is 13.7 Å². The van der Waals surface area contributed by atoms with Gasteiger partial charge in [0.25, 0.3) is 0 Å². The van der Waals surface area contributed by atoms with E-state index < -0.39 is 0 Å². The zero-order valence-electron chi connectivity index (χ0n) is 5.92. The monoisotopic (exact) mass is 221 g/mol. The van der Waals surface area contributed by atoms with Crippen LogP contribution in [0.5, 0.6) is 0 Å². The van der Waals surface area contributed by atoms with Gasteiger partial charge in [0.15, 0.2) is 0 Å². The predicted molar refractivity (Wildman–Crippen MR) is 30.0 cm³/mol. The van der Waals surface area contributed by atoms with Crippen molar-refractivity contribution in [3.63, 3.8) is 0 Å². The Kier molecular flexibility index (Phi) is 38.1. The largest absolute Gasteiger partial charge is 0.655 e. The van der Waals surface area contributed by atoms with E-state index in [4.69, 9.17) is 9.59 Å². The summed E-state index contributed by atoms with van der Waals surface area (Å²) >= 11 is 0. The number of carbonyl (C=O) groups excluding carboxylic acids is 2. The molecule has 0 saturated carbocycles. The first-order valence-electron chi connectivity index (χ1n) is 2.22. The van der Waals surface area contributed by atoms with Crippen LogP contribution in [0.25, 0.3) is 0 Å². The van der Waals surface area contributed by atoms with Crippen LogP contribution in [0.1, 0.15) is 6.92 Å². The first-order chi connectivity index (χ1) is 4.33. The van der Waals surface area contributed by atoms with Gasteiger partial charge in [-0.2, -0.15) is 0 Å². The second-order valence-electron chi connectivity index (χ2n) is 0.804. The van der Waals surface area contributed by atoms with E-state index in [0.717, 1.165) is 0 Å².